The maximum absolute atomic E-state index is 13.8. The molecule has 4 aromatic rings. The second kappa shape index (κ2) is 13.3. The number of ether oxygens (including phenoxy) is 2. The maximum atomic E-state index is 13.8. The van der Waals surface area contributed by atoms with Crippen LogP contribution >= 0.6 is 31.9 Å². The van der Waals surface area contributed by atoms with E-state index in [1.165, 1.54) is 0 Å². The lowest BCUT2D eigenvalue weighted by Gasteiger charge is -2.26. The van der Waals surface area contributed by atoms with E-state index >= 15 is 0 Å². The number of benzene rings is 4. The minimum Gasteiger partial charge on any atom is -0.487 e. The van der Waals surface area contributed by atoms with Crippen molar-refractivity contribution < 1.29 is 14.3 Å². The minimum absolute atomic E-state index is 0.0288. The van der Waals surface area contributed by atoms with E-state index in [4.69, 9.17) is 9.47 Å². The zero-order valence-electron chi connectivity index (χ0n) is 22.1. The summed E-state index contributed by atoms with van der Waals surface area (Å²) in [5.74, 6) is 1.46. The van der Waals surface area contributed by atoms with Crippen molar-refractivity contribution in [3.8, 4) is 11.5 Å². The number of Topliss-reactive ketones (excluding diaryl/α,β-unsaturated/α-hetero) is 1. The zero-order chi connectivity index (χ0) is 27.9. The van der Waals surface area contributed by atoms with Gasteiger partial charge in [-0.25, -0.2) is 0 Å². The Bertz CT molecular complexity index is 1430. The smallest absolute Gasteiger partial charge is 0.187 e. The molecule has 1 heterocycles. The van der Waals surface area contributed by atoms with Crippen molar-refractivity contribution in [2.75, 3.05) is 20.1 Å². The molecule has 0 N–H and O–H groups in total. The molecule has 0 saturated carbocycles. The van der Waals surface area contributed by atoms with Crippen LogP contribution in [0.2, 0.25) is 0 Å². The SMILES string of the molecule is CN1CC(=Cc2cccc(Br)c2OCc2ccccc2)C(=O)C(=Cc2cccc(Br)c2OCc2ccccc2)C1. The van der Waals surface area contributed by atoms with Crippen LogP contribution in [0.4, 0.5) is 0 Å². The molecule has 6 heteroatoms. The molecule has 0 aliphatic carbocycles. The molecule has 0 atom stereocenters. The van der Waals surface area contributed by atoms with Crippen LogP contribution in [-0.2, 0) is 18.0 Å². The van der Waals surface area contributed by atoms with Crippen LogP contribution in [-0.4, -0.2) is 30.8 Å². The fourth-order valence-electron chi connectivity index (χ4n) is 4.63. The Morgan fingerprint density at radius 3 is 1.50 bits per heavy atom. The molecule has 0 radical (unpaired) electrons. The van der Waals surface area contributed by atoms with E-state index < -0.39 is 0 Å². The quantitative estimate of drug-likeness (QED) is 0.178. The summed E-state index contributed by atoms with van der Waals surface area (Å²) >= 11 is 7.27. The number of likely N-dealkylation sites (tertiary alicyclic amines) is 1. The maximum Gasteiger partial charge on any atom is 0.187 e. The third-order valence-electron chi connectivity index (χ3n) is 6.57. The topological polar surface area (TPSA) is 38.8 Å². The van der Waals surface area contributed by atoms with Crippen LogP contribution in [0.5, 0.6) is 11.5 Å². The molecule has 1 aliphatic heterocycles. The van der Waals surface area contributed by atoms with Gasteiger partial charge in [-0.3, -0.25) is 9.69 Å². The molecule has 0 unspecified atom stereocenters. The Labute approximate surface area is 252 Å². The number of rotatable bonds is 8. The number of hydrogen-bond acceptors (Lipinski definition) is 4. The molecule has 202 valence electrons. The van der Waals surface area contributed by atoms with Crippen LogP contribution in [0.3, 0.4) is 0 Å². The molecule has 0 spiro atoms. The first-order chi connectivity index (χ1) is 19.5. The zero-order valence-corrected chi connectivity index (χ0v) is 25.3. The lowest BCUT2D eigenvalue weighted by atomic mass is 9.94. The van der Waals surface area contributed by atoms with Gasteiger partial charge < -0.3 is 9.47 Å². The number of ketones is 1. The molecular weight excluding hydrogens is 630 g/mol. The molecule has 0 bridgehead atoms. The second-order valence-electron chi connectivity index (χ2n) is 9.71. The molecule has 5 rings (SSSR count). The highest BCUT2D eigenvalue weighted by Gasteiger charge is 2.25. The number of para-hydroxylation sites is 2. The molecule has 0 aromatic heterocycles. The van der Waals surface area contributed by atoms with Gasteiger partial charge in [0.25, 0.3) is 0 Å². The van der Waals surface area contributed by atoms with Gasteiger partial charge in [0.2, 0.25) is 0 Å². The van der Waals surface area contributed by atoms with Crippen molar-refractivity contribution in [2.45, 2.75) is 13.2 Å². The average Bonchev–Trinajstić information content (AvgIpc) is 2.96. The number of piperidine rings is 1. The Balaban J connectivity index is 1.42. The standard InChI is InChI=1S/C34H29Br2NO3/c1-37-20-28(18-26-14-8-16-30(35)33(26)39-22-24-10-4-2-5-11-24)32(38)29(21-37)19-27-15-9-17-31(36)34(27)40-23-25-12-6-3-7-13-25/h2-19H,20-23H2,1H3. The number of nitrogens with zero attached hydrogens (tertiary/aromatic N) is 1. The third kappa shape index (κ3) is 7.00. The number of carbonyl (C=O) groups is 1. The van der Waals surface area contributed by atoms with Crippen molar-refractivity contribution >= 4 is 49.8 Å². The summed E-state index contributed by atoms with van der Waals surface area (Å²) in [6.07, 6.45) is 3.90. The van der Waals surface area contributed by atoms with E-state index in [1.807, 2.05) is 116 Å². The fraction of sp³-hybridized carbons (Fsp3) is 0.147. The van der Waals surface area contributed by atoms with Crippen molar-refractivity contribution in [2.24, 2.45) is 0 Å². The van der Waals surface area contributed by atoms with Gasteiger partial charge in [0.05, 0.1) is 8.95 Å². The van der Waals surface area contributed by atoms with E-state index in [-0.39, 0.29) is 5.78 Å². The molecule has 4 nitrogen and oxygen atoms in total. The molecule has 0 amide bonds. The van der Waals surface area contributed by atoms with Gasteiger partial charge in [-0.2, -0.15) is 0 Å². The Morgan fingerprint density at radius 1 is 0.650 bits per heavy atom. The number of likely N-dealkylation sites (N-methyl/N-ethyl adjacent to an activating group) is 1. The summed E-state index contributed by atoms with van der Waals surface area (Å²) in [5, 5.41) is 0. The summed E-state index contributed by atoms with van der Waals surface area (Å²) in [6, 6.07) is 31.9. The molecular formula is C34H29Br2NO3. The predicted molar refractivity (Wildman–Crippen MR) is 168 cm³/mol. The summed E-state index contributed by atoms with van der Waals surface area (Å²) in [7, 11) is 2.02. The fourth-order valence-corrected chi connectivity index (χ4v) is 5.62. The van der Waals surface area contributed by atoms with Gasteiger partial charge in [0, 0.05) is 35.4 Å². The van der Waals surface area contributed by atoms with E-state index in [0.29, 0.717) is 48.9 Å². The summed E-state index contributed by atoms with van der Waals surface area (Å²) in [6.45, 7) is 1.98. The summed E-state index contributed by atoms with van der Waals surface area (Å²) < 4.78 is 14.1. The van der Waals surface area contributed by atoms with Crippen LogP contribution in [0.1, 0.15) is 22.3 Å². The highest BCUT2D eigenvalue weighted by Crippen LogP contribution is 2.35. The van der Waals surface area contributed by atoms with Crippen LogP contribution in [0.25, 0.3) is 12.2 Å². The monoisotopic (exact) mass is 657 g/mol. The number of carbonyl (C=O) groups excluding carboxylic acids is 1. The van der Waals surface area contributed by atoms with Crippen molar-refractivity contribution in [1.82, 2.24) is 4.90 Å². The molecule has 4 aromatic carbocycles. The van der Waals surface area contributed by atoms with Crippen molar-refractivity contribution in [1.29, 1.82) is 0 Å². The Morgan fingerprint density at radius 2 is 1.07 bits per heavy atom. The van der Waals surface area contributed by atoms with Crippen LogP contribution in [0, 0.1) is 0 Å². The molecule has 1 saturated heterocycles. The Kier molecular flexibility index (Phi) is 9.32. The average molecular weight is 659 g/mol. The highest BCUT2D eigenvalue weighted by molar-refractivity contribution is 9.10. The number of hydrogen-bond donors (Lipinski definition) is 0. The summed E-state index contributed by atoms with van der Waals surface area (Å²) in [5.41, 5.74) is 5.30. The van der Waals surface area contributed by atoms with Gasteiger partial charge in [0.1, 0.15) is 24.7 Å². The lowest BCUT2D eigenvalue weighted by Crippen LogP contribution is -2.34. The van der Waals surface area contributed by atoms with Gasteiger partial charge in [-0.15, -0.1) is 0 Å². The third-order valence-corrected chi connectivity index (χ3v) is 7.82. The normalized spacial score (nSPS) is 15.9. The van der Waals surface area contributed by atoms with Crippen LogP contribution in [0.15, 0.2) is 117 Å². The first-order valence-corrected chi connectivity index (χ1v) is 14.6. The van der Waals surface area contributed by atoms with Gasteiger partial charge in [-0.1, -0.05) is 84.9 Å². The first-order valence-electron chi connectivity index (χ1n) is 13.0. The van der Waals surface area contributed by atoms with E-state index in [2.05, 4.69) is 36.8 Å². The molecule has 1 aliphatic rings. The second-order valence-corrected chi connectivity index (χ2v) is 11.4. The largest absolute Gasteiger partial charge is 0.487 e. The molecule has 1 fully saturated rings. The minimum atomic E-state index is 0.0288. The summed E-state index contributed by atoms with van der Waals surface area (Å²) in [4.78, 5) is 15.9. The van der Waals surface area contributed by atoms with E-state index in [9.17, 15) is 4.79 Å². The first kappa shape index (κ1) is 28.1. The van der Waals surface area contributed by atoms with Crippen LogP contribution < -0.4 is 9.47 Å². The number of halogens is 2. The molecule has 40 heavy (non-hydrogen) atoms. The highest BCUT2D eigenvalue weighted by atomic mass is 79.9. The van der Waals surface area contributed by atoms with Gasteiger partial charge in [-0.05, 0) is 74.3 Å². The van der Waals surface area contributed by atoms with E-state index in [1.54, 1.807) is 0 Å². The Hall–Kier alpha value is -3.45. The predicted octanol–water partition coefficient (Wildman–Crippen LogP) is 8.35. The van der Waals surface area contributed by atoms with E-state index in [0.717, 1.165) is 31.2 Å². The van der Waals surface area contributed by atoms with Crippen molar-refractivity contribution in [3.05, 3.63) is 139 Å². The van der Waals surface area contributed by atoms with Gasteiger partial charge >= 0.3 is 0 Å². The van der Waals surface area contributed by atoms with Gasteiger partial charge in [0.15, 0.2) is 5.78 Å². The van der Waals surface area contributed by atoms with Crippen molar-refractivity contribution in [3.63, 3.8) is 0 Å². The lowest BCUT2D eigenvalue weighted by molar-refractivity contribution is -0.113.